The van der Waals surface area contributed by atoms with Crippen molar-refractivity contribution in [2.45, 2.75) is 12.8 Å². The van der Waals surface area contributed by atoms with Gasteiger partial charge in [-0.25, -0.2) is 0 Å². The molecule has 0 bridgehead atoms. The summed E-state index contributed by atoms with van der Waals surface area (Å²) in [4.78, 5) is 24.3. The Kier molecular flexibility index (Phi) is 9.19. The van der Waals surface area contributed by atoms with Gasteiger partial charge in [0.05, 0.1) is 18.4 Å². The molecule has 26 heavy (non-hydrogen) atoms. The van der Waals surface area contributed by atoms with Gasteiger partial charge in [-0.1, -0.05) is 24.3 Å². The molecule has 0 heterocycles. The third kappa shape index (κ3) is 6.38. The van der Waals surface area contributed by atoms with Crippen molar-refractivity contribution in [1.29, 1.82) is 0 Å². The predicted octanol–water partition coefficient (Wildman–Crippen LogP) is 2.38. The fourth-order valence-corrected chi connectivity index (χ4v) is 2.33. The van der Waals surface area contributed by atoms with Crippen molar-refractivity contribution in [1.82, 2.24) is 5.32 Å². The Morgan fingerprint density at radius 2 is 1.77 bits per heavy atom. The number of ether oxygens (including phenoxy) is 1. The van der Waals surface area contributed by atoms with Gasteiger partial charge in [0.15, 0.2) is 0 Å². The Labute approximate surface area is 159 Å². The van der Waals surface area contributed by atoms with E-state index >= 15 is 0 Å². The van der Waals surface area contributed by atoms with Crippen LogP contribution in [0.5, 0.6) is 5.75 Å². The molecular weight excluding hydrogens is 354 g/mol. The van der Waals surface area contributed by atoms with E-state index in [-0.39, 0.29) is 24.2 Å². The van der Waals surface area contributed by atoms with Crippen LogP contribution in [0.15, 0.2) is 48.5 Å². The number of nitrogens with two attached hydrogens (primary N) is 1. The second-order valence-electron chi connectivity index (χ2n) is 5.49. The number of rotatable bonds is 8. The third-order valence-electron chi connectivity index (χ3n) is 3.68. The lowest BCUT2D eigenvalue weighted by molar-refractivity contribution is -0.116. The molecule has 6 nitrogen and oxygen atoms in total. The van der Waals surface area contributed by atoms with Gasteiger partial charge in [-0.2, -0.15) is 0 Å². The molecule has 0 aliphatic carbocycles. The Balaban J connectivity index is 0.00000338. The fraction of sp³-hybridized carbons (Fsp3) is 0.263. The minimum absolute atomic E-state index is 0. The molecule has 0 spiro atoms. The van der Waals surface area contributed by atoms with Gasteiger partial charge in [-0.05, 0) is 36.2 Å². The predicted molar refractivity (Wildman–Crippen MR) is 105 cm³/mol. The fourth-order valence-electron chi connectivity index (χ4n) is 2.33. The van der Waals surface area contributed by atoms with Gasteiger partial charge in [0.2, 0.25) is 5.91 Å². The maximum absolute atomic E-state index is 12.2. The number of carbonyl (C=O) groups excluding carboxylic acids is 2. The Morgan fingerprint density at radius 1 is 1.08 bits per heavy atom. The van der Waals surface area contributed by atoms with Crippen LogP contribution >= 0.6 is 12.4 Å². The number of hydrogen-bond acceptors (Lipinski definition) is 4. The lowest BCUT2D eigenvalue weighted by atomic mass is 10.1. The molecule has 0 aliphatic rings. The molecule has 2 amide bonds. The smallest absolute Gasteiger partial charge is 0.253 e. The highest BCUT2D eigenvalue weighted by Crippen LogP contribution is 2.16. The molecule has 0 fully saturated rings. The molecule has 0 radical (unpaired) electrons. The number of methoxy groups -OCH3 is 1. The van der Waals surface area contributed by atoms with Gasteiger partial charge in [-0.15, -0.1) is 12.4 Å². The van der Waals surface area contributed by atoms with Crippen LogP contribution in [0.3, 0.4) is 0 Å². The summed E-state index contributed by atoms with van der Waals surface area (Å²) < 4.78 is 5.11. The molecule has 0 saturated carbocycles. The van der Waals surface area contributed by atoms with Gasteiger partial charge < -0.3 is 21.1 Å². The SMILES string of the molecule is COc1ccc(CCC(=O)Nc2ccccc2C(=O)NCCN)cc1.Cl. The maximum atomic E-state index is 12.2. The van der Waals surface area contributed by atoms with Crippen molar-refractivity contribution in [2.24, 2.45) is 5.73 Å². The molecule has 0 saturated heterocycles. The molecule has 7 heteroatoms. The molecule has 140 valence electrons. The summed E-state index contributed by atoms with van der Waals surface area (Å²) in [5, 5.41) is 5.51. The largest absolute Gasteiger partial charge is 0.497 e. The van der Waals surface area contributed by atoms with E-state index in [1.807, 2.05) is 24.3 Å². The van der Waals surface area contributed by atoms with Crippen LogP contribution < -0.4 is 21.1 Å². The van der Waals surface area contributed by atoms with Crippen molar-refractivity contribution in [3.05, 3.63) is 59.7 Å². The second kappa shape index (κ2) is 11.1. The van der Waals surface area contributed by atoms with Crippen LogP contribution in [-0.2, 0) is 11.2 Å². The molecule has 0 atom stereocenters. The molecule has 4 N–H and O–H groups in total. The van der Waals surface area contributed by atoms with Gasteiger partial charge in [-0.3, -0.25) is 9.59 Å². The van der Waals surface area contributed by atoms with E-state index in [9.17, 15) is 9.59 Å². The van der Waals surface area contributed by atoms with Gasteiger partial charge in [0.1, 0.15) is 5.75 Å². The number of hydrogen-bond donors (Lipinski definition) is 3. The molecule has 0 unspecified atom stereocenters. The zero-order chi connectivity index (χ0) is 18.1. The van der Waals surface area contributed by atoms with Crippen LogP contribution in [0.2, 0.25) is 0 Å². The minimum Gasteiger partial charge on any atom is -0.497 e. The molecule has 0 aliphatic heterocycles. The number of anilines is 1. The summed E-state index contributed by atoms with van der Waals surface area (Å²) in [5.41, 5.74) is 7.36. The Bertz CT molecular complexity index is 720. The molecule has 2 aromatic rings. The van der Waals surface area contributed by atoms with Crippen molar-refractivity contribution >= 4 is 29.9 Å². The first-order chi connectivity index (χ1) is 12.1. The summed E-state index contributed by atoms with van der Waals surface area (Å²) in [5.74, 6) is 0.386. The van der Waals surface area contributed by atoms with Crippen molar-refractivity contribution in [3.63, 3.8) is 0 Å². The number of halogens is 1. The first kappa shape index (κ1) is 21.5. The van der Waals surface area contributed by atoms with Crippen LogP contribution in [0.1, 0.15) is 22.3 Å². The highest BCUT2D eigenvalue weighted by Gasteiger charge is 2.12. The number of aryl methyl sites for hydroxylation is 1. The Morgan fingerprint density at radius 3 is 2.42 bits per heavy atom. The highest BCUT2D eigenvalue weighted by atomic mass is 35.5. The van der Waals surface area contributed by atoms with E-state index < -0.39 is 0 Å². The van der Waals surface area contributed by atoms with Crippen molar-refractivity contribution in [3.8, 4) is 5.75 Å². The monoisotopic (exact) mass is 377 g/mol. The van der Waals surface area contributed by atoms with E-state index in [4.69, 9.17) is 10.5 Å². The third-order valence-corrected chi connectivity index (χ3v) is 3.68. The van der Waals surface area contributed by atoms with Crippen LogP contribution in [-0.4, -0.2) is 32.0 Å². The summed E-state index contributed by atoms with van der Waals surface area (Å²) >= 11 is 0. The van der Waals surface area contributed by atoms with Crippen molar-refractivity contribution in [2.75, 3.05) is 25.5 Å². The first-order valence-electron chi connectivity index (χ1n) is 8.14. The summed E-state index contributed by atoms with van der Waals surface area (Å²) in [7, 11) is 1.61. The van der Waals surface area contributed by atoms with E-state index in [0.717, 1.165) is 11.3 Å². The van der Waals surface area contributed by atoms with E-state index in [0.29, 0.717) is 37.2 Å². The zero-order valence-corrected chi connectivity index (χ0v) is 15.5. The minimum atomic E-state index is -0.253. The number of para-hydroxylation sites is 1. The van der Waals surface area contributed by atoms with Gasteiger partial charge in [0.25, 0.3) is 5.91 Å². The number of benzene rings is 2. The van der Waals surface area contributed by atoms with Crippen LogP contribution in [0, 0.1) is 0 Å². The number of carbonyl (C=O) groups is 2. The number of nitrogens with one attached hydrogen (secondary N) is 2. The molecular formula is C19H24ClN3O3. The highest BCUT2D eigenvalue weighted by molar-refractivity contribution is 6.03. The first-order valence-corrected chi connectivity index (χ1v) is 8.14. The van der Waals surface area contributed by atoms with Crippen molar-refractivity contribution < 1.29 is 14.3 Å². The zero-order valence-electron chi connectivity index (χ0n) is 14.7. The van der Waals surface area contributed by atoms with E-state index in [2.05, 4.69) is 10.6 Å². The molecule has 2 rings (SSSR count). The standard InChI is InChI=1S/C19H23N3O3.ClH/c1-25-15-9-6-14(7-10-15)8-11-18(23)22-17-5-3-2-4-16(17)19(24)21-13-12-20;/h2-7,9-10H,8,11-13,20H2,1H3,(H,21,24)(H,22,23);1H. The van der Waals surface area contributed by atoms with Gasteiger partial charge in [0, 0.05) is 19.5 Å². The molecule has 0 aromatic heterocycles. The normalized spacial score (nSPS) is 9.77. The lowest BCUT2D eigenvalue weighted by Crippen LogP contribution is -2.30. The molecule has 2 aromatic carbocycles. The topological polar surface area (TPSA) is 93.4 Å². The van der Waals surface area contributed by atoms with Crippen LogP contribution in [0.4, 0.5) is 5.69 Å². The summed E-state index contributed by atoms with van der Waals surface area (Å²) in [6.45, 7) is 0.751. The summed E-state index contributed by atoms with van der Waals surface area (Å²) in [6, 6.07) is 14.5. The average Bonchev–Trinajstić information content (AvgIpc) is 2.65. The van der Waals surface area contributed by atoms with E-state index in [1.165, 1.54) is 0 Å². The van der Waals surface area contributed by atoms with E-state index in [1.54, 1.807) is 31.4 Å². The quantitative estimate of drug-likeness (QED) is 0.658. The van der Waals surface area contributed by atoms with Crippen LogP contribution in [0.25, 0.3) is 0 Å². The second-order valence-corrected chi connectivity index (χ2v) is 5.49. The Hall–Kier alpha value is -2.57. The van der Waals surface area contributed by atoms with Gasteiger partial charge >= 0.3 is 0 Å². The lowest BCUT2D eigenvalue weighted by Gasteiger charge is -2.11. The maximum Gasteiger partial charge on any atom is 0.253 e. The average molecular weight is 378 g/mol. The summed E-state index contributed by atoms with van der Waals surface area (Å²) in [6.07, 6.45) is 0.933. The number of amides is 2.